The Morgan fingerprint density at radius 3 is 2.30 bits per heavy atom. The zero-order valence-electron chi connectivity index (χ0n) is 13.4. The first-order chi connectivity index (χ1) is 11.3. The van der Waals surface area contributed by atoms with Crippen molar-refractivity contribution < 1.29 is 4.79 Å². The van der Waals surface area contributed by atoms with E-state index >= 15 is 0 Å². The maximum Gasteiger partial charge on any atom is 0.224 e. The first-order valence-electron chi connectivity index (χ1n) is 8.73. The Hall–Kier alpha value is -2.09. The summed E-state index contributed by atoms with van der Waals surface area (Å²) in [5.74, 6) is 2.52. The fourth-order valence-electron chi connectivity index (χ4n) is 4.45. The minimum Gasteiger partial charge on any atom is -0.326 e. The second kappa shape index (κ2) is 6.19. The standard InChI is InChI=1S/C21H23NO/c23-21(14-19-13-15-6-7-18(19)12-15)22-20-10-8-17(9-11-20)16-4-2-1-3-5-16/h1-5,8-11,15,18-19H,6-7,12-14H2,(H,22,23)/t15-,18-,19-/m1/s1. The largest absolute Gasteiger partial charge is 0.326 e. The van der Waals surface area contributed by atoms with Gasteiger partial charge >= 0.3 is 0 Å². The van der Waals surface area contributed by atoms with Crippen LogP contribution >= 0.6 is 0 Å². The van der Waals surface area contributed by atoms with Crippen molar-refractivity contribution in [3.05, 3.63) is 54.6 Å². The first kappa shape index (κ1) is 14.5. The number of fused-ring (bicyclic) bond motifs is 2. The van der Waals surface area contributed by atoms with Crippen LogP contribution in [-0.4, -0.2) is 5.91 Å². The number of carbonyl (C=O) groups excluding carboxylic acids is 1. The van der Waals surface area contributed by atoms with Gasteiger partial charge in [-0.1, -0.05) is 48.9 Å². The highest BCUT2D eigenvalue weighted by molar-refractivity contribution is 5.91. The van der Waals surface area contributed by atoms with Crippen LogP contribution in [0.2, 0.25) is 0 Å². The van der Waals surface area contributed by atoms with Crippen LogP contribution in [-0.2, 0) is 4.79 Å². The third kappa shape index (κ3) is 3.17. The van der Waals surface area contributed by atoms with E-state index in [1.165, 1.54) is 36.8 Å². The SMILES string of the molecule is O=C(C[C@H]1C[C@@H]2CC[C@@H]1C2)Nc1ccc(-c2ccccc2)cc1. The van der Waals surface area contributed by atoms with Gasteiger partial charge in [-0.05, 0) is 60.3 Å². The van der Waals surface area contributed by atoms with Crippen molar-refractivity contribution in [1.82, 2.24) is 0 Å². The molecule has 2 fully saturated rings. The van der Waals surface area contributed by atoms with E-state index in [0.717, 1.165) is 17.5 Å². The number of carbonyl (C=O) groups is 1. The lowest BCUT2D eigenvalue weighted by Gasteiger charge is -2.20. The second-order valence-electron chi connectivity index (χ2n) is 7.13. The van der Waals surface area contributed by atoms with E-state index in [4.69, 9.17) is 0 Å². The van der Waals surface area contributed by atoms with Crippen LogP contribution in [0.15, 0.2) is 54.6 Å². The highest BCUT2D eigenvalue weighted by Crippen LogP contribution is 2.49. The Labute approximate surface area is 137 Å². The molecule has 2 bridgehead atoms. The topological polar surface area (TPSA) is 29.1 Å². The van der Waals surface area contributed by atoms with Gasteiger partial charge in [0, 0.05) is 12.1 Å². The van der Waals surface area contributed by atoms with Crippen molar-refractivity contribution in [2.45, 2.75) is 32.1 Å². The molecule has 0 saturated heterocycles. The van der Waals surface area contributed by atoms with Crippen molar-refractivity contribution in [3.63, 3.8) is 0 Å². The number of anilines is 1. The van der Waals surface area contributed by atoms with Crippen molar-refractivity contribution >= 4 is 11.6 Å². The van der Waals surface area contributed by atoms with Gasteiger partial charge in [-0.15, -0.1) is 0 Å². The summed E-state index contributed by atoms with van der Waals surface area (Å²) in [6.07, 6.45) is 6.06. The third-order valence-electron chi connectivity index (χ3n) is 5.61. The normalized spacial score (nSPS) is 25.5. The predicted octanol–water partition coefficient (Wildman–Crippen LogP) is 5.12. The molecule has 0 heterocycles. The van der Waals surface area contributed by atoms with Crippen LogP contribution in [0.25, 0.3) is 11.1 Å². The summed E-state index contributed by atoms with van der Waals surface area (Å²) in [6, 6.07) is 18.5. The Balaban J connectivity index is 1.36. The molecule has 2 heteroatoms. The van der Waals surface area contributed by atoms with Crippen LogP contribution in [0.1, 0.15) is 32.1 Å². The lowest BCUT2D eigenvalue weighted by molar-refractivity contribution is -0.117. The summed E-state index contributed by atoms with van der Waals surface area (Å²) in [7, 11) is 0. The molecule has 2 aromatic rings. The van der Waals surface area contributed by atoms with Crippen molar-refractivity contribution in [1.29, 1.82) is 0 Å². The van der Waals surface area contributed by atoms with Crippen LogP contribution in [0.3, 0.4) is 0 Å². The first-order valence-corrected chi connectivity index (χ1v) is 8.73. The molecular formula is C21H23NO. The molecule has 1 N–H and O–H groups in total. The van der Waals surface area contributed by atoms with Gasteiger partial charge in [0.05, 0.1) is 0 Å². The Kier molecular flexibility index (Phi) is 3.90. The Bertz CT molecular complexity index is 677. The number of benzene rings is 2. The zero-order valence-corrected chi connectivity index (χ0v) is 13.4. The van der Waals surface area contributed by atoms with Gasteiger partial charge in [0.2, 0.25) is 5.91 Å². The number of nitrogens with one attached hydrogen (secondary N) is 1. The molecule has 4 rings (SSSR count). The molecule has 0 aromatic heterocycles. The van der Waals surface area contributed by atoms with E-state index < -0.39 is 0 Å². The van der Waals surface area contributed by atoms with Crippen LogP contribution in [0.4, 0.5) is 5.69 Å². The molecule has 2 aliphatic carbocycles. The molecule has 2 saturated carbocycles. The summed E-state index contributed by atoms with van der Waals surface area (Å²) < 4.78 is 0. The Morgan fingerprint density at radius 2 is 1.65 bits per heavy atom. The fraction of sp³-hybridized carbons (Fsp3) is 0.381. The number of hydrogen-bond donors (Lipinski definition) is 1. The zero-order chi connectivity index (χ0) is 15.6. The molecule has 0 aliphatic heterocycles. The molecule has 0 radical (unpaired) electrons. The Morgan fingerprint density at radius 1 is 0.913 bits per heavy atom. The quantitative estimate of drug-likeness (QED) is 0.834. The van der Waals surface area contributed by atoms with Crippen LogP contribution in [0, 0.1) is 17.8 Å². The summed E-state index contributed by atoms with van der Waals surface area (Å²) in [6.45, 7) is 0. The molecule has 2 nitrogen and oxygen atoms in total. The molecule has 118 valence electrons. The molecule has 1 amide bonds. The summed E-state index contributed by atoms with van der Waals surface area (Å²) in [4.78, 5) is 12.3. The average molecular weight is 305 g/mol. The number of amides is 1. The van der Waals surface area contributed by atoms with E-state index in [1.54, 1.807) is 0 Å². The lowest BCUT2D eigenvalue weighted by Crippen LogP contribution is -2.20. The molecule has 0 spiro atoms. The maximum absolute atomic E-state index is 12.3. The smallest absolute Gasteiger partial charge is 0.224 e. The van der Waals surface area contributed by atoms with Gasteiger partial charge in [0.15, 0.2) is 0 Å². The highest BCUT2D eigenvalue weighted by Gasteiger charge is 2.40. The van der Waals surface area contributed by atoms with E-state index in [2.05, 4.69) is 29.6 Å². The van der Waals surface area contributed by atoms with Gasteiger partial charge in [-0.3, -0.25) is 4.79 Å². The van der Waals surface area contributed by atoms with Crippen molar-refractivity contribution in [2.75, 3.05) is 5.32 Å². The molecule has 2 aliphatic rings. The van der Waals surface area contributed by atoms with E-state index in [1.807, 2.05) is 30.3 Å². The monoisotopic (exact) mass is 305 g/mol. The second-order valence-corrected chi connectivity index (χ2v) is 7.13. The fourth-order valence-corrected chi connectivity index (χ4v) is 4.45. The number of hydrogen-bond acceptors (Lipinski definition) is 1. The van der Waals surface area contributed by atoms with Gasteiger partial charge in [-0.25, -0.2) is 0 Å². The molecule has 23 heavy (non-hydrogen) atoms. The molecule has 0 unspecified atom stereocenters. The van der Waals surface area contributed by atoms with Crippen molar-refractivity contribution in [3.8, 4) is 11.1 Å². The summed E-state index contributed by atoms with van der Waals surface area (Å²) >= 11 is 0. The third-order valence-corrected chi connectivity index (χ3v) is 5.61. The minimum absolute atomic E-state index is 0.176. The lowest BCUT2D eigenvalue weighted by atomic mass is 9.86. The number of rotatable bonds is 4. The maximum atomic E-state index is 12.3. The van der Waals surface area contributed by atoms with Gasteiger partial charge in [-0.2, -0.15) is 0 Å². The molecule has 3 atom stereocenters. The molecular weight excluding hydrogens is 282 g/mol. The molecule has 2 aromatic carbocycles. The van der Waals surface area contributed by atoms with Crippen LogP contribution in [0.5, 0.6) is 0 Å². The predicted molar refractivity (Wildman–Crippen MR) is 94.1 cm³/mol. The van der Waals surface area contributed by atoms with E-state index in [9.17, 15) is 4.79 Å². The van der Waals surface area contributed by atoms with Crippen molar-refractivity contribution in [2.24, 2.45) is 17.8 Å². The van der Waals surface area contributed by atoms with Crippen LogP contribution < -0.4 is 5.32 Å². The minimum atomic E-state index is 0.176. The average Bonchev–Trinajstić information content (AvgIpc) is 3.19. The highest BCUT2D eigenvalue weighted by atomic mass is 16.1. The van der Waals surface area contributed by atoms with Gasteiger partial charge in [0.25, 0.3) is 0 Å². The summed E-state index contributed by atoms with van der Waals surface area (Å²) in [5, 5.41) is 3.07. The van der Waals surface area contributed by atoms with E-state index in [0.29, 0.717) is 12.3 Å². The van der Waals surface area contributed by atoms with Gasteiger partial charge in [0.1, 0.15) is 0 Å². The van der Waals surface area contributed by atoms with E-state index in [-0.39, 0.29) is 5.91 Å². The van der Waals surface area contributed by atoms with Gasteiger partial charge < -0.3 is 5.32 Å². The summed E-state index contributed by atoms with van der Waals surface area (Å²) in [5.41, 5.74) is 3.28.